The second-order valence-corrected chi connectivity index (χ2v) is 4.29. The number of fused-ring (bicyclic) bond motifs is 1. The molecule has 0 saturated heterocycles. The molecular formula is C11H11IN2O. The van der Waals surface area contributed by atoms with Gasteiger partial charge in [-0.15, -0.1) is 0 Å². The maximum absolute atomic E-state index is 5.98. The van der Waals surface area contributed by atoms with Crippen LogP contribution in [0.4, 0.5) is 5.69 Å². The van der Waals surface area contributed by atoms with Gasteiger partial charge >= 0.3 is 0 Å². The van der Waals surface area contributed by atoms with Crippen molar-refractivity contribution in [2.75, 3.05) is 12.3 Å². The number of ether oxygens (including phenoxy) is 1. The zero-order chi connectivity index (χ0) is 10.8. The summed E-state index contributed by atoms with van der Waals surface area (Å²) >= 11 is 2.18. The third-order valence-electron chi connectivity index (χ3n) is 2.14. The van der Waals surface area contributed by atoms with Gasteiger partial charge in [0.05, 0.1) is 21.4 Å². The van der Waals surface area contributed by atoms with Crippen LogP contribution in [-0.2, 0) is 0 Å². The number of nitrogens with two attached hydrogens (primary N) is 1. The fourth-order valence-electron chi connectivity index (χ4n) is 1.42. The molecule has 15 heavy (non-hydrogen) atoms. The van der Waals surface area contributed by atoms with Crippen LogP contribution in [0, 0.1) is 3.57 Å². The predicted octanol–water partition coefficient (Wildman–Crippen LogP) is 2.82. The van der Waals surface area contributed by atoms with Crippen LogP contribution in [0.1, 0.15) is 6.92 Å². The zero-order valence-electron chi connectivity index (χ0n) is 8.33. The molecule has 1 aromatic carbocycles. The molecule has 0 amide bonds. The first kappa shape index (κ1) is 10.5. The van der Waals surface area contributed by atoms with Gasteiger partial charge in [-0.05, 0) is 47.7 Å². The largest absolute Gasteiger partial charge is 0.494 e. The Morgan fingerprint density at radius 2 is 2.27 bits per heavy atom. The Hall–Kier alpha value is -1.04. The van der Waals surface area contributed by atoms with Gasteiger partial charge in [0, 0.05) is 11.6 Å². The van der Waals surface area contributed by atoms with Crippen molar-refractivity contribution in [1.29, 1.82) is 0 Å². The minimum absolute atomic E-state index is 0.656. The van der Waals surface area contributed by atoms with Crippen LogP contribution in [0.5, 0.6) is 5.75 Å². The second kappa shape index (κ2) is 4.22. The maximum Gasteiger partial charge on any atom is 0.120 e. The lowest BCUT2D eigenvalue weighted by Crippen LogP contribution is -1.95. The van der Waals surface area contributed by atoms with Crippen molar-refractivity contribution >= 4 is 39.2 Å². The Morgan fingerprint density at radius 3 is 3.00 bits per heavy atom. The van der Waals surface area contributed by atoms with E-state index in [4.69, 9.17) is 10.5 Å². The molecule has 0 bridgehead atoms. The summed E-state index contributed by atoms with van der Waals surface area (Å²) in [6, 6.07) is 5.77. The monoisotopic (exact) mass is 314 g/mol. The Kier molecular flexibility index (Phi) is 2.95. The molecule has 0 unspecified atom stereocenters. The van der Waals surface area contributed by atoms with Crippen LogP contribution < -0.4 is 10.5 Å². The molecule has 1 heterocycles. The van der Waals surface area contributed by atoms with Crippen molar-refractivity contribution in [2.45, 2.75) is 6.92 Å². The summed E-state index contributed by atoms with van der Waals surface area (Å²) in [6.07, 6.45) is 1.78. The maximum atomic E-state index is 5.98. The molecule has 0 fully saturated rings. The molecule has 0 aliphatic rings. The van der Waals surface area contributed by atoms with Gasteiger partial charge in [-0.2, -0.15) is 0 Å². The first-order valence-corrected chi connectivity index (χ1v) is 5.76. The Balaban J connectivity index is 2.63. The highest BCUT2D eigenvalue weighted by Gasteiger charge is 2.04. The zero-order valence-corrected chi connectivity index (χ0v) is 10.5. The van der Waals surface area contributed by atoms with Gasteiger partial charge in [-0.25, -0.2) is 0 Å². The fraction of sp³-hybridized carbons (Fsp3) is 0.182. The number of hydrogen-bond acceptors (Lipinski definition) is 3. The van der Waals surface area contributed by atoms with Crippen LogP contribution in [0.25, 0.3) is 10.9 Å². The number of hydrogen-bond donors (Lipinski definition) is 1. The number of benzene rings is 1. The van der Waals surface area contributed by atoms with Gasteiger partial charge in [0.15, 0.2) is 0 Å². The van der Waals surface area contributed by atoms with E-state index >= 15 is 0 Å². The summed E-state index contributed by atoms with van der Waals surface area (Å²) in [4.78, 5) is 4.30. The van der Waals surface area contributed by atoms with Crippen LogP contribution in [0.15, 0.2) is 24.4 Å². The first-order valence-electron chi connectivity index (χ1n) is 4.69. The highest BCUT2D eigenvalue weighted by Crippen LogP contribution is 2.27. The molecule has 1 aromatic heterocycles. The molecule has 2 rings (SSSR count). The molecule has 0 spiro atoms. The summed E-state index contributed by atoms with van der Waals surface area (Å²) < 4.78 is 6.39. The van der Waals surface area contributed by atoms with E-state index in [1.54, 1.807) is 6.20 Å². The SMILES string of the molecule is CCOc1ccc2ncc(I)c(N)c2c1. The van der Waals surface area contributed by atoms with E-state index in [2.05, 4.69) is 27.6 Å². The summed E-state index contributed by atoms with van der Waals surface area (Å²) in [5.74, 6) is 0.834. The Morgan fingerprint density at radius 1 is 1.47 bits per heavy atom. The normalized spacial score (nSPS) is 10.5. The number of nitrogen functional groups attached to an aromatic ring is 1. The number of nitrogens with zero attached hydrogens (tertiary/aromatic N) is 1. The Labute approximate surface area is 102 Å². The summed E-state index contributed by atoms with van der Waals surface area (Å²) in [5.41, 5.74) is 7.65. The quantitative estimate of drug-likeness (QED) is 0.867. The van der Waals surface area contributed by atoms with E-state index in [0.29, 0.717) is 6.61 Å². The van der Waals surface area contributed by atoms with Crippen molar-refractivity contribution < 1.29 is 4.74 Å². The standard InChI is InChI=1S/C11H11IN2O/c1-2-15-7-3-4-10-8(5-7)11(13)9(12)6-14-10/h3-6H,2H2,1H3,(H2,13,14). The molecule has 4 heteroatoms. The topological polar surface area (TPSA) is 48.1 Å². The predicted molar refractivity (Wildman–Crippen MR) is 70.0 cm³/mol. The van der Waals surface area contributed by atoms with E-state index in [9.17, 15) is 0 Å². The molecule has 2 aromatic rings. The average molecular weight is 314 g/mol. The van der Waals surface area contributed by atoms with Crippen molar-refractivity contribution in [3.05, 3.63) is 28.0 Å². The van der Waals surface area contributed by atoms with E-state index in [-0.39, 0.29) is 0 Å². The summed E-state index contributed by atoms with van der Waals surface area (Å²) in [6.45, 7) is 2.61. The average Bonchev–Trinajstić information content (AvgIpc) is 2.25. The van der Waals surface area contributed by atoms with Crippen LogP contribution in [0.2, 0.25) is 0 Å². The molecular weight excluding hydrogens is 303 g/mol. The van der Waals surface area contributed by atoms with Crippen molar-refractivity contribution in [3.63, 3.8) is 0 Å². The number of pyridine rings is 1. The van der Waals surface area contributed by atoms with Crippen LogP contribution in [-0.4, -0.2) is 11.6 Å². The smallest absolute Gasteiger partial charge is 0.120 e. The van der Waals surface area contributed by atoms with Crippen molar-refractivity contribution in [1.82, 2.24) is 4.98 Å². The lowest BCUT2D eigenvalue weighted by atomic mass is 10.2. The number of anilines is 1. The third-order valence-corrected chi connectivity index (χ3v) is 3.00. The molecule has 2 N–H and O–H groups in total. The van der Waals surface area contributed by atoms with E-state index in [1.807, 2.05) is 25.1 Å². The molecule has 3 nitrogen and oxygen atoms in total. The highest BCUT2D eigenvalue weighted by atomic mass is 127. The van der Waals surface area contributed by atoms with Crippen LogP contribution in [0.3, 0.4) is 0 Å². The number of rotatable bonds is 2. The van der Waals surface area contributed by atoms with Crippen molar-refractivity contribution in [3.8, 4) is 5.75 Å². The third kappa shape index (κ3) is 1.99. The summed E-state index contributed by atoms with van der Waals surface area (Å²) in [5, 5.41) is 0.952. The second-order valence-electron chi connectivity index (χ2n) is 3.13. The van der Waals surface area contributed by atoms with Gasteiger partial charge in [0.25, 0.3) is 0 Å². The van der Waals surface area contributed by atoms with Gasteiger partial charge in [-0.3, -0.25) is 4.98 Å². The van der Waals surface area contributed by atoms with Gasteiger partial charge < -0.3 is 10.5 Å². The number of halogens is 1. The Bertz CT molecular complexity index is 499. The van der Waals surface area contributed by atoms with E-state index < -0.39 is 0 Å². The summed E-state index contributed by atoms with van der Waals surface area (Å²) in [7, 11) is 0. The fourth-order valence-corrected chi connectivity index (χ4v) is 1.85. The van der Waals surface area contributed by atoms with E-state index in [1.165, 1.54) is 0 Å². The van der Waals surface area contributed by atoms with Gasteiger partial charge in [0.1, 0.15) is 5.75 Å². The van der Waals surface area contributed by atoms with Crippen LogP contribution >= 0.6 is 22.6 Å². The molecule has 0 aliphatic heterocycles. The van der Waals surface area contributed by atoms with Gasteiger partial charge in [-0.1, -0.05) is 0 Å². The van der Waals surface area contributed by atoms with E-state index in [0.717, 1.165) is 25.9 Å². The lowest BCUT2D eigenvalue weighted by Gasteiger charge is -2.07. The number of aromatic nitrogens is 1. The minimum Gasteiger partial charge on any atom is -0.494 e. The molecule has 0 saturated carbocycles. The molecule has 78 valence electrons. The van der Waals surface area contributed by atoms with Crippen molar-refractivity contribution in [2.24, 2.45) is 0 Å². The highest BCUT2D eigenvalue weighted by molar-refractivity contribution is 14.1. The van der Waals surface area contributed by atoms with Gasteiger partial charge in [0.2, 0.25) is 0 Å². The minimum atomic E-state index is 0.656. The molecule has 0 atom stereocenters. The molecule has 0 aliphatic carbocycles. The first-order chi connectivity index (χ1) is 7.22. The molecule has 0 radical (unpaired) electrons. The lowest BCUT2D eigenvalue weighted by molar-refractivity contribution is 0.340.